The lowest BCUT2D eigenvalue weighted by atomic mass is 9.73. The number of aryl methyl sites for hydroxylation is 1. The Bertz CT molecular complexity index is 642. The molecule has 0 radical (unpaired) electrons. The molecule has 0 aliphatic carbocycles. The number of benzene rings is 1. The molecular formula is C19H29N3O4. The van der Waals surface area contributed by atoms with Crippen molar-refractivity contribution in [1.29, 1.82) is 0 Å². The van der Waals surface area contributed by atoms with Crippen LogP contribution in [0.25, 0.3) is 0 Å². The summed E-state index contributed by atoms with van der Waals surface area (Å²) in [6.07, 6.45) is 1.67. The fraction of sp³-hybridized carbons (Fsp3) is 0.579. The Morgan fingerprint density at radius 1 is 1.31 bits per heavy atom. The van der Waals surface area contributed by atoms with E-state index in [1.54, 1.807) is 14.0 Å². The van der Waals surface area contributed by atoms with Gasteiger partial charge in [-0.2, -0.15) is 0 Å². The number of methoxy groups -OCH3 is 1. The highest BCUT2D eigenvalue weighted by Crippen LogP contribution is 2.40. The van der Waals surface area contributed by atoms with Gasteiger partial charge in [-0.1, -0.05) is 17.7 Å². The molecule has 26 heavy (non-hydrogen) atoms. The van der Waals surface area contributed by atoms with Crippen LogP contribution in [0, 0.1) is 6.92 Å². The van der Waals surface area contributed by atoms with E-state index in [1.807, 2.05) is 12.1 Å². The minimum absolute atomic E-state index is 0.183. The van der Waals surface area contributed by atoms with E-state index in [9.17, 15) is 9.59 Å². The van der Waals surface area contributed by atoms with Gasteiger partial charge in [0, 0.05) is 37.8 Å². The number of hydrogen-bond donors (Lipinski definition) is 3. The summed E-state index contributed by atoms with van der Waals surface area (Å²) in [4.78, 5) is 23.5. The number of carbonyl (C=O) groups excluding carboxylic acids is 2. The zero-order valence-corrected chi connectivity index (χ0v) is 16.0. The number of rotatable bonds is 6. The second-order valence-electron chi connectivity index (χ2n) is 6.77. The Labute approximate surface area is 154 Å². The Kier molecular flexibility index (Phi) is 6.99. The van der Waals surface area contributed by atoms with Crippen LogP contribution < -0.4 is 20.7 Å². The summed E-state index contributed by atoms with van der Waals surface area (Å²) in [5.41, 5.74) is 2.11. The summed E-state index contributed by atoms with van der Waals surface area (Å²) in [6, 6.07) is 5.17. The summed E-state index contributed by atoms with van der Waals surface area (Å²) >= 11 is 0. The molecule has 1 aliphatic heterocycles. The number of urea groups is 1. The highest BCUT2D eigenvalue weighted by atomic mass is 16.5. The van der Waals surface area contributed by atoms with Gasteiger partial charge in [0.25, 0.3) is 0 Å². The Hall–Kier alpha value is -2.12. The average molecular weight is 363 g/mol. The second kappa shape index (κ2) is 9.00. The van der Waals surface area contributed by atoms with Gasteiger partial charge in [-0.25, -0.2) is 4.79 Å². The van der Waals surface area contributed by atoms with Crippen LogP contribution in [-0.4, -0.2) is 51.9 Å². The fourth-order valence-electron chi connectivity index (χ4n) is 3.26. The Balaban J connectivity index is 2.19. The molecular weight excluding hydrogens is 334 g/mol. The minimum Gasteiger partial charge on any atom is -0.496 e. The first-order valence-electron chi connectivity index (χ1n) is 8.90. The van der Waals surface area contributed by atoms with Crippen molar-refractivity contribution >= 4 is 11.9 Å². The van der Waals surface area contributed by atoms with E-state index >= 15 is 0 Å². The van der Waals surface area contributed by atoms with Crippen LogP contribution in [-0.2, 0) is 14.9 Å². The standard InChI is InChI=1S/C19H29N3O4/c1-13-5-6-16(25-4)15(11-13)19(7-9-26-10-8-19)12-21-14(2)17(23)22-18(24)20-3/h5-6,11,14,21H,7-10,12H2,1-4H3,(H2,20,22,23,24). The lowest BCUT2D eigenvalue weighted by molar-refractivity contribution is -0.121. The van der Waals surface area contributed by atoms with Crippen LogP contribution >= 0.6 is 0 Å². The van der Waals surface area contributed by atoms with Crippen molar-refractivity contribution < 1.29 is 19.1 Å². The van der Waals surface area contributed by atoms with E-state index in [4.69, 9.17) is 9.47 Å². The van der Waals surface area contributed by atoms with Crippen molar-refractivity contribution in [2.24, 2.45) is 0 Å². The molecule has 0 saturated carbocycles. The molecule has 1 unspecified atom stereocenters. The molecule has 1 heterocycles. The zero-order chi connectivity index (χ0) is 19.2. The normalized spacial score (nSPS) is 17.2. The molecule has 1 fully saturated rings. The van der Waals surface area contributed by atoms with Gasteiger partial charge in [0.2, 0.25) is 5.91 Å². The third kappa shape index (κ3) is 4.74. The molecule has 1 aliphatic rings. The molecule has 3 amide bonds. The van der Waals surface area contributed by atoms with Crippen molar-refractivity contribution in [2.45, 2.75) is 38.1 Å². The summed E-state index contributed by atoms with van der Waals surface area (Å²) < 4.78 is 11.2. The Morgan fingerprint density at radius 2 is 2.00 bits per heavy atom. The van der Waals surface area contributed by atoms with Crippen LogP contribution in [0.5, 0.6) is 5.75 Å². The second-order valence-corrected chi connectivity index (χ2v) is 6.77. The largest absolute Gasteiger partial charge is 0.496 e. The third-order valence-corrected chi connectivity index (χ3v) is 4.98. The van der Waals surface area contributed by atoms with E-state index < -0.39 is 12.1 Å². The highest BCUT2D eigenvalue weighted by Gasteiger charge is 2.37. The lowest BCUT2D eigenvalue weighted by Crippen LogP contribution is -2.51. The predicted octanol–water partition coefficient (Wildman–Crippen LogP) is 1.49. The first kappa shape index (κ1) is 20.2. The summed E-state index contributed by atoms with van der Waals surface area (Å²) in [5.74, 6) is 0.490. The quantitative estimate of drug-likeness (QED) is 0.713. The summed E-state index contributed by atoms with van der Waals surface area (Å²) in [6.45, 7) is 5.73. The first-order valence-corrected chi connectivity index (χ1v) is 8.90. The molecule has 1 atom stereocenters. The van der Waals surface area contributed by atoms with Crippen molar-refractivity contribution in [3.63, 3.8) is 0 Å². The van der Waals surface area contributed by atoms with Gasteiger partial charge in [-0.15, -0.1) is 0 Å². The van der Waals surface area contributed by atoms with Gasteiger partial charge >= 0.3 is 6.03 Å². The Morgan fingerprint density at radius 3 is 2.62 bits per heavy atom. The van der Waals surface area contributed by atoms with Gasteiger partial charge in [-0.05, 0) is 32.8 Å². The molecule has 144 valence electrons. The van der Waals surface area contributed by atoms with Gasteiger partial charge in [0.05, 0.1) is 13.2 Å². The van der Waals surface area contributed by atoms with Crippen LogP contribution in [0.4, 0.5) is 4.79 Å². The smallest absolute Gasteiger partial charge is 0.321 e. The monoisotopic (exact) mass is 363 g/mol. The van der Waals surface area contributed by atoms with Gasteiger partial charge in [0.1, 0.15) is 5.75 Å². The molecule has 0 spiro atoms. The zero-order valence-electron chi connectivity index (χ0n) is 16.0. The average Bonchev–Trinajstić information content (AvgIpc) is 2.66. The van der Waals surface area contributed by atoms with Crippen LogP contribution in [0.1, 0.15) is 30.9 Å². The van der Waals surface area contributed by atoms with Crippen molar-refractivity contribution in [2.75, 3.05) is 33.9 Å². The van der Waals surface area contributed by atoms with Crippen LogP contribution in [0.3, 0.4) is 0 Å². The summed E-state index contributed by atoms with van der Waals surface area (Å²) in [7, 11) is 3.15. The fourth-order valence-corrected chi connectivity index (χ4v) is 3.26. The number of ether oxygens (including phenoxy) is 2. The maximum Gasteiger partial charge on any atom is 0.321 e. The molecule has 0 aromatic heterocycles. The van der Waals surface area contributed by atoms with Crippen molar-refractivity contribution in [1.82, 2.24) is 16.0 Å². The number of nitrogens with one attached hydrogen (secondary N) is 3. The first-order chi connectivity index (χ1) is 12.4. The lowest BCUT2D eigenvalue weighted by Gasteiger charge is -2.39. The van der Waals surface area contributed by atoms with Gasteiger partial charge in [0.15, 0.2) is 0 Å². The number of imide groups is 1. The van der Waals surface area contributed by atoms with Crippen LogP contribution in [0.15, 0.2) is 18.2 Å². The van der Waals surface area contributed by atoms with E-state index in [0.29, 0.717) is 19.8 Å². The number of hydrogen-bond acceptors (Lipinski definition) is 5. The molecule has 1 aromatic rings. The molecule has 7 nitrogen and oxygen atoms in total. The van der Waals surface area contributed by atoms with Crippen molar-refractivity contribution in [3.05, 3.63) is 29.3 Å². The number of amides is 3. The number of carbonyl (C=O) groups is 2. The van der Waals surface area contributed by atoms with E-state index in [0.717, 1.165) is 29.7 Å². The molecule has 1 saturated heterocycles. The molecule has 7 heteroatoms. The molecule has 0 bridgehead atoms. The SMILES string of the molecule is CNC(=O)NC(=O)C(C)NCC1(c2cc(C)ccc2OC)CCOCC1. The van der Waals surface area contributed by atoms with Crippen molar-refractivity contribution in [3.8, 4) is 5.75 Å². The molecule has 2 rings (SSSR count). The minimum atomic E-state index is -0.509. The maximum atomic E-state index is 12.1. The van der Waals surface area contributed by atoms with Gasteiger partial charge in [-0.3, -0.25) is 10.1 Å². The predicted molar refractivity (Wildman–Crippen MR) is 99.5 cm³/mol. The maximum absolute atomic E-state index is 12.1. The van der Waals surface area contributed by atoms with Gasteiger partial charge < -0.3 is 20.1 Å². The molecule has 1 aromatic carbocycles. The molecule has 3 N–H and O–H groups in total. The van der Waals surface area contributed by atoms with E-state index in [1.165, 1.54) is 7.05 Å². The topological polar surface area (TPSA) is 88.7 Å². The summed E-state index contributed by atoms with van der Waals surface area (Å²) in [5, 5.41) is 7.97. The highest BCUT2D eigenvalue weighted by molar-refractivity contribution is 5.96. The van der Waals surface area contributed by atoms with E-state index in [-0.39, 0.29) is 11.3 Å². The van der Waals surface area contributed by atoms with Crippen LogP contribution in [0.2, 0.25) is 0 Å². The third-order valence-electron chi connectivity index (χ3n) is 4.98. The van der Waals surface area contributed by atoms with E-state index in [2.05, 4.69) is 28.9 Å².